The van der Waals surface area contributed by atoms with Crippen LogP contribution in [0.4, 0.5) is 9.18 Å². The van der Waals surface area contributed by atoms with Crippen molar-refractivity contribution < 1.29 is 13.9 Å². The second kappa shape index (κ2) is 6.09. The van der Waals surface area contributed by atoms with Crippen molar-refractivity contribution in [3.05, 3.63) is 29.3 Å². The van der Waals surface area contributed by atoms with Crippen molar-refractivity contribution >= 4 is 28.7 Å². The van der Waals surface area contributed by atoms with Crippen molar-refractivity contribution in [2.24, 2.45) is 5.73 Å². The zero-order chi connectivity index (χ0) is 14.7. The number of hydrogen-bond donors (Lipinski definition) is 1. The standard InChI is InChI=1S/C13H15ClFN3O2/c1-8-6-11-10(7-9(8)15)17-12(2-3-14)18(11)4-5-20-13(16)19/h6-7H,2-5H2,1H3,(H2,16,19). The van der Waals surface area contributed by atoms with Gasteiger partial charge in [-0.25, -0.2) is 14.2 Å². The second-order valence-corrected chi connectivity index (χ2v) is 4.75. The van der Waals surface area contributed by atoms with Gasteiger partial charge in [0, 0.05) is 18.4 Å². The Bertz CT molecular complexity index is 642. The molecule has 7 heteroatoms. The van der Waals surface area contributed by atoms with Gasteiger partial charge in [-0.1, -0.05) is 0 Å². The maximum atomic E-state index is 13.6. The van der Waals surface area contributed by atoms with E-state index in [1.165, 1.54) is 6.07 Å². The number of halogens is 2. The number of imidazole rings is 1. The molecule has 0 bridgehead atoms. The van der Waals surface area contributed by atoms with Crippen LogP contribution < -0.4 is 5.73 Å². The number of ether oxygens (including phenoxy) is 1. The predicted octanol–water partition coefficient (Wildman–Crippen LogP) is 2.36. The molecule has 2 rings (SSSR count). The molecule has 0 aliphatic heterocycles. The van der Waals surface area contributed by atoms with Gasteiger partial charge in [-0.05, 0) is 18.6 Å². The lowest BCUT2D eigenvalue weighted by atomic mass is 10.2. The lowest BCUT2D eigenvalue weighted by Gasteiger charge is -2.08. The Kier molecular flexibility index (Phi) is 4.44. The first-order valence-electron chi connectivity index (χ1n) is 6.16. The number of benzene rings is 1. The molecule has 20 heavy (non-hydrogen) atoms. The van der Waals surface area contributed by atoms with Gasteiger partial charge in [-0.2, -0.15) is 0 Å². The van der Waals surface area contributed by atoms with Crippen LogP contribution in [-0.4, -0.2) is 28.1 Å². The minimum Gasteiger partial charge on any atom is -0.448 e. The van der Waals surface area contributed by atoms with E-state index in [9.17, 15) is 9.18 Å². The van der Waals surface area contributed by atoms with E-state index in [1.807, 2.05) is 4.57 Å². The summed E-state index contributed by atoms with van der Waals surface area (Å²) in [5, 5.41) is 0. The van der Waals surface area contributed by atoms with Gasteiger partial charge in [0.1, 0.15) is 18.2 Å². The Morgan fingerprint density at radius 3 is 2.95 bits per heavy atom. The highest BCUT2D eigenvalue weighted by Crippen LogP contribution is 2.21. The summed E-state index contributed by atoms with van der Waals surface area (Å²) < 4.78 is 20.2. The van der Waals surface area contributed by atoms with Crippen molar-refractivity contribution in [2.45, 2.75) is 19.9 Å². The average Bonchev–Trinajstić information content (AvgIpc) is 2.68. The predicted molar refractivity (Wildman–Crippen MR) is 74.4 cm³/mol. The lowest BCUT2D eigenvalue weighted by molar-refractivity contribution is 0.152. The lowest BCUT2D eigenvalue weighted by Crippen LogP contribution is -2.17. The van der Waals surface area contributed by atoms with Gasteiger partial charge >= 0.3 is 6.09 Å². The van der Waals surface area contributed by atoms with E-state index < -0.39 is 6.09 Å². The SMILES string of the molecule is Cc1cc2c(cc1F)nc(CCCl)n2CCOC(N)=O. The third-order valence-corrected chi connectivity index (χ3v) is 3.17. The summed E-state index contributed by atoms with van der Waals surface area (Å²) in [7, 11) is 0. The molecule has 1 aromatic carbocycles. The number of carbonyl (C=O) groups is 1. The van der Waals surface area contributed by atoms with Crippen LogP contribution in [0.5, 0.6) is 0 Å². The maximum Gasteiger partial charge on any atom is 0.404 e. The Hall–Kier alpha value is -1.82. The molecule has 0 saturated heterocycles. The third-order valence-electron chi connectivity index (χ3n) is 2.99. The molecule has 5 nitrogen and oxygen atoms in total. The van der Waals surface area contributed by atoms with Gasteiger partial charge in [-0.3, -0.25) is 0 Å². The first kappa shape index (κ1) is 14.6. The summed E-state index contributed by atoms with van der Waals surface area (Å²) in [4.78, 5) is 15.0. The molecule has 0 atom stereocenters. The number of carbonyl (C=O) groups excluding carboxylic acids is 1. The van der Waals surface area contributed by atoms with Gasteiger partial charge in [-0.15, -0.1) is 11.6 Å². The molecule has 108 valence electrons. The zero-order valence-electron chi connectivity index (χ0n) is 11.0. The highest BCUT2D eigenvalue weighted by molar-refractivity contribution is 6.17. The van der Waals surface area contributed by atoms with Crippen molar-refractivity contribution in [3.63, 3.8) is 0 Å². The zero-order valence-corrected chi connectivity index (χ0v) is 11.8. The van der Waals surface area contributed by atoms with E-state index >= 15 is 0 Å². The number of rotatable bonds is 5. The summed E-state index contributed by atoms with van der Waals surface area (Å²) in [6.07, 6.45) is -0.274. The van der Waals surface area contributed by atoms with E-state index in [-0.39, 0.29) is 12.4 Å². The molecule has 0 fully saturated rings. The van der Waals surface area contributed by atoms with Gasteiger partial charge in [0.2, 0.25) is 0 Å². The minimum atomic E-state index is -0.824. The number of alkyl halides is 1. The summed E-state index contributed by atoms with van der Waals surface area (Å²) in [6.45, 7) is 2.22. The van der Waals surface area contributed by atoms with Crippen LogP contribution in [0.15, 0.2) is 12.1 Å². The van der Waals surface area contributed by atoms with Crippen molar-refractivity contribution in [1.82, 2.24) is 9.55 Å². The number of primary amides is 1. The average molecular weight is 300 g/mol. The number of aryl methyl sites for hydroxylation is 2. The second-order valence-electron chi connectivity index (χ2n) is 4.38. The number of amides is 1. The van der Waals surface area contributed by atoms with Gasteiger partial charge in [0.25, 0.3) is 0 Å². The first-order valence-corrected chi connectivity index (χ1v) is 6.70. The molecule has 1 heterocycles. The van der Waals surface area contributed by atoms with Gasteiger partial charge < -0.3 is 15.0 Å². The van der Waals surface area contributed by atoms with E-state index in [4.69, 9.17) is 22.1 Å². The summed E-state index contributed by atoms with van der Waals surface area (Å²) >= 11 is 5.75. The normalized spacial score (nSPS) is 10.9. The Morgan fingerprint density at radius 2 is 2.30 bits per heavy atom. The first-order chi connectivity index (χ1) is 9.52. The molecule has 2 N–H and O–H groups in total. The van der Waals surface area contributed by atoms with Gasteiger partial charge in [0.05, 0.1) is 17.6 Å². The van der Waals surface area contributed by atoms with Crippen LogP contribution in [0.1, 0.15) is 11.4 Å². The summed E-state index contributed by atoms with van der Waals surface area (Å²) in [6, 6.07) is 3.12. The summed E-state index contributed by atoms with van der Waals surface area (Å²) in [5.41, 5.74) is 6.81. The monoisotopic (exact) mass is 299 g/mol. The minimum absolute atomic E-state index is 0.131. The molecule has 1 amide bonds. The molecule has 0 saturated carbocycles. The van der Waals surface area contributed by atoms with E-state index in [1.54, 1.807) is 13.0 Å². The third kappa shape index (κ3) is 3.01. The molecule has 0 aliphatic carbocycles. The highest BCUT2D eigenvalue weighted by Gasteiger charge is 2.13. The van der Waals surface area contributed by atoms with Crippen LogP contribution in [0, 0.1) is 12.7 Å². The van der Waals surface area contributed by atoms with E-state index in [0.717, 1.165) is 11.3 Å². The Morgan fingerprint density at radius 1 is 1.55 bits per heavy atom. The Balaban J connectivity index is 2.39. The molecule has 0 aliphatic rings. The smallest absolute Gasteiger partial charge is 0.404 e. The van der Waals surface area contributed by atoms with Gasteiger partial charge in [0.15, 0.2) is 0 Å². The van der Waals surface area contributed by atoms with Crippen LogP contribution >= 0.6 is 11.6 Å². The van der Waals surface area contributed by atoms with Crippen molar-refractivity contribution in [1.29, 1.82) is 0 Å². The van der Waals surface area contributed by atoms with E-state index in [0.29, 0.717) is 29.9 Å². The van der Waals surface area contributed by atoms with Crippen LogP contribution in [0.3, 0.4) is 0 Å². The highest BCUT2D eigenvalue weighted by atomic mass is 35.5. The fourth-order valence-corrected chi connectivity index (χ4v) is 2.23. The number of fused-ring (bicyclic) bond motifs is 1. The fourth-order valence-electron chi connectivity index (χ4n) is 2.06. The quantitative estimate of drug-likeness (QED) is 0.862. The molecular formula is C13H15ClFN3O2. The fraction of sp³-hybridized carbons (Fsp3) is 0.385. The molecule has 0 spiro atoms. The molecular weight excluding hydrogens is 285 g/mol. The molecule has 0 unspecified atom stereocenters. The number of nitrogens with two attached hydrogens (primary N) is 1. The summed E-state index contributed by atoms with van der Waals surface area (Å²) in [5.74, 6) is 0.836. The largest absolute Gasteiger partial charge is 0.448 e. The van der Waals surface area contributed by atoms with E-state index in [2.05, 4.69) is 4.98 Å². The van der Waals surface area contributed by atoms with Crippen molar-refractivity contribution in [3.8, 4) is 0 Å². The number of hydrogen-bond acceptors (Lipinski definition) is 3. The number of aromatic nitrogens is 2. The van der Waals surface area contributed by atoms with Crippen molar-refractivity contribution in [2.75, 3.05) is 12.5 Å². The Labute approximate surface area is 120 Å². The molecule has 0 radical (unpaired) electrons. The number of nitrogens with zero attached hydrogens (tertiary/aromatic N) is 2. The van der Waals surface area contributed by atoms with Crippen LogP contribution in [0.2, 0.25) is 0 Å². The topological polar surface area (TPSA) is 70.1 Å². The van der Waals surface area contributed by atoms with Crippen LogP contribution in [-0.2, 0) is 17.7 Å². The molecule has 1 aromatic heterocycles. The molecule has 2 aromatic rings. The maximum absolute atomic E-state index is 13.6. The van der Waals surface area contributed by atoms with Crippen LogP contribution in [0.25, 0.3) is 11.0 Å².